The normalized spacial score (nSPS) is 14.6. The summed E-state index contributed by atoms with van der Waals surface area (Å²) in [4.78, 5) is 29.9. The number of pyridine rings is 1. The molecule has 2 aromatic carbocycles. The highest BCUT2D eigenvalue weighted by molar-refractivity contribution is 7.89. The summed E-state index contributed by atoms with van der Waals surface area (Å²) in [6, 6.07) is 19.4. The second-order valence-corrected chi connectivity index (χ2v) is 9.91. The van der Waals surface area contributed by atoms with Gasteiger partial charge in [-0.1, -0.05) is 42.8 Å². The van der Waals surface area contributed by atoms with Crippen LogP contribution in [0.4, 0.5) is 5.69 Å². The van der Waals surface area contributed by atoms with Crippen LogP contribution in [0.25, 0.3) is 0 Å². The van der Waals surface area contributed by atoms with Crippen molar-refractivity contribution in [3.8, 4) is 0 Å². The Morgan fingerprint density at radius 2 is 1.65 bits per heavy atom. The highest BCUT2D eigenvalue weighted by Gasteiger charge is 2.25. The maximum absolute atomic E-state index is 13.1. The molecule has 1 saturated carbocycles. The van der Waals surface area contributed by atoms with Gasteiger partial charge in [-0.25, -0.2) is 13.1 Å². The second-order valence-electron chi connectivity index (χ2n) is 8.19. The number of nitrogens with zero attached hydrogens (tertiary/aromatic N) is 1. The second kappa shape index (κ2) is 10.6. The maximum atomic E-state index is 13.1. The van der Waals surface area contributed by atoms with Crippen LogP contribution in [0.2, 0.25) is 0 Å². The fraction of sp³-hybridized carbons (Fsp3) is 0.240. The van der Waals surface area contributed by atoms with E-state index in [9.17, 15) is 18.0 Å². The topological polar surface area (TPSA) is 117 Å². The van der Waals surface area contributed by atoms with Crippen LogP contribution in [-0.2, 0) is 21.2 Å². The van der Waals surface area contributed by atoms with Crippen molar-refractivity contribution in [3.63, 3.8) is 0 Å². The van der Waals surface area contributed by atoms with Gasteiger partial charge in [0.25, 0.3) is 5.91 Å². The number of benzene rings is 2. The Kier molecular flexibility index (Phi) is 7.34. The summed E-state index contributed by atoms with van der Waals surface area (Å²) in [7, 11) is -3.60. The molecule has 0 radical (unpaired) electrons. The molecular weight excluding hydrogens is 452 g/mol. The molecule has 0 bridgehead atoms. The lowest BCUT2D eigenvalue weighted by molar-refractivity contribution is -0.118. The average molecular weight is 479 g/mol. The van der Waals surface area contributed by atoms with Gasteiger partial charge < -0.3 is 10.6 Å². The van der Waals surface area contributed by atoms with Gasteiger partial charge in [-0.3, -0.25) is 14.6 Å². The summed E-state index contributed by atoms with van der Waals surface area (Å²) >= 11 is 0. The van der Waals surface area contributed by atoms with Crippen LogP contribution < -0.4 is 15.4 Å². The SMILES string of the molecule is O=C(NC(Cc1ccccc1)C(=O)Nc1ccc(S(=O)(=O)NC2CCC2)cc1)c1ccccn1. The van der Waals surface area contributed by atoms with Crippen molar-refractivity contribution in [3.05, 3.63) is 90.3 Å². The van der Waals surface area contributed by atoms with Gasteiger partial charge in [0.1, 0.15) is 11.7 Å². The summed E-state index contributed by atoms with van der Waals surface area (Å²) in [5.74, 6) is -0.878. The molecule has 3 N–H and O–H groups in total. The average Bonchev–Trinajstić information content (AvgIpc) is 2.82. The smallest absolute Gasteiger partial charge is 0.270 e. The Morgan fingerprint density at radius 3 is 2.26 bits per heavy atom. The molecule has 1 heterocycles. The highest BCUT2D eigenvalue weighted by Crippen LogP contribution is 2.22. The van der Waals surface area contributed by atoms with E-state index in [0.717, 1.165) is 24.8 Å². The summed E-state index contributed by atoms with van der Waals surface area (Å²) in [5.41, 5.74) is 1.52. The zero-order valence-electron chi connectivity index (χ0n) is 18.5. The molecule has 176 valence electrons. The van der Waals surface area contributed by atoms with Crippen LogP contribution in [0.15, 0.2) is 83.9 Å². The van der Waals surface area contributed by atoms with Gasteiger partial charge in [0, 0.05) is 24.3 Å². The lowest BCUT2D eigenvalue weighted by Gasteiger charge is -2.26. The fourth-order valence-corrected chi connectivity index (χ4v) is 4.85. The predicted molar refractivity (Wildman–Crippen MR) is 129 cm³/mol. The number of anilines is 1. The maximum Gasteiger partial charge on any atom is 0.270 e. The first-order valence-electron chi connectivity index (χ1n) is 11.1. The van der Waals surface area contributed by atoms with Crippen molar-refractivity contribution in [1.82, 2.24) is 15.0 Å². The van der Waals surface area contributed by atoms with E-state index in [0.29, 0.717) is 5.69 Å². The number of nitrogens with one attached hydrogen (secondary N) is 3. The van der Waals surface area contributed by atoms with Gasteiger partial charge in [-0.05, 0) is 54.8 Å². The molecule has 0 saturated heterocycles. The van der Waals surface area contributed by atoms with Gasteiger partial charge in [-0.15, -0.1) is 0 Å². The number of carbonyl (C=O) groups is 2. The van der Waals surface area contributed by atoms with E-state index < -0.39 is 27.9 Å². The highest BCUT2D eigenvalue weighted by atomic mass is 32.2. The van der Waals surface area contributed by atoms with Crippen LogP contribution in [0.1, 0.15) is 35.3 Å². The van der Waals surface area contributed by atoms with Gasteiger partial charge in [0.15, 0.2) is 0 Å². The summed E-state index contributed by atoms with van der Waals surface area (Å²) in [6.45, 7) is 0. The first-order chi connectivity index (χ1) is 16.4. The Hall–Kier alpha value is -3.56. The lowest BCUT2D eigenvalue weighted by atomic mass is 9.94. The van der Waals surface area contributed by atoms with Gasteiger partial charge >= 0.3 is 0 Å². The molecule has 1 aromatic heterocycles. The molecule has 1 aliphatic rings. The predicted octanol–water partition coefficient (Wildman–Crippen LogP) is 2.89. The zero-order valence-corrected chi connectivity index (χ0v) is 19.3. The van der Waals surface area contributed by atoms with Crippen molar-refractivity contribution >= 4 is 27.5 Å². The minimum absolute atomic E-state index is 0.00848. The number of carbonyl (C=O) groups excluding carboxylic acids is 2. The molecule has 1 aliphatic carbocycles. The standard InChI is InChI=1S/C25H26N4O4S/c30-24(22-11-4-5-16-26-22)28-23(17-18-7-2-1-3-8-18)25(31)27-19-12-14-21(15-13-19)34(32,33)29-20-9-6-10-20/h1-5,7-8,11-16,20,23,29H,6,9-10,17H2,(H,27,31)(H,28,30). The molecule has 0 spiro atoms. The van der Waals surface area contributed by atoms with E-state index >= 15 is 0 Å². The Bertz CT molecular complexity index is 1230. The third kappa shape index (κ3) is 6.06. The number of hydrogen-bond donors (Lipinski definition) is 3. The van der Waals surface area contributed by atoms with Crippen molar-refractivity contribution in [2.45, 2.75) is 42.7 Å². The zero-order chi connectivity index (χ0) is 24.0. The molecule has 2 amide bonds. The van der Waals surface area contributed by atoms with Crippen LogP contribution in [-0.4, -0.2) is 37.3 Å². The molecule has 0 aliphatic heterocycles. The minimum atomic E-state index is -3.60. The third-order valence-electron chi connectivity index (χ3n) is 5.66. The fourth-order valence-electron chi connectivity index (χ4n) is 3.55. The van der Waals surface area contributed by atoms with E-state index in [1.807, 2.05) is 30.3 Å². The van der Waals surface area contributed by atoms with Crippen LogP contribution in [0, 0.1) is 0 Å². The Labute approximate surface area is 198 Å². The molecule has 4 rings (SSSR count). The third-order valence-corrected chi connectivity index (χ3v) is 7.20. The van der Waals surface area contributed by atoms with Crippen LogP contribution in [0.5, 0.6) is 0 Å². The van der Waals surface area contributed by atoms with Crippen molar-refractivity contribution in [1.29, 1.82) is 0 Å². The largest absolute Gasteiger partial charge is 0.339 e. The van der Waals surface area contributed by atoms with Gasteiger partial charge in [0.05, 0.1) is 4.90 Å². The first kappa shape index (κ1) is 23.6. The van der Waals surface area contributed by atoms with Crippen molar-refractivity contribution in [2.24, 2.45) is 0 Å². The van der Waals surface area contributed by atoms with Crippen LogP contribution in [0.3, 0.4) is 0 Å². The molecule has 1 fully saturated rings. The number of rotatable bonds is 9. The van der Waals surface area contributed by atoms with E-state index in [2.05, 4.69) is 20.3 Å². The monoisotopic (exact) mass is 478 g/mol. The quantitative estimate of drug-likeness (QED) is 0.437. The van der Waals surface area contributed by atoms with Crippen LogP contribution >= 0.6 is 0 Å². The molecule has 1 atom stereocenters. The summed E-state index contributed by atoms with van der Waals surface area (Å²) in [6.07, 6.45) is 4.51. The van der Waals surface area contributed by atoms with Crippen molar-refractivity contribution in [2.75, 3.05) is 5.32 Å². The molecular formula is C25H26N4O4S. The van der Waals surface area contributed by atoms with E-state index in [-0.39, 0.29) is 23.1 Å². The van der Waals surface area contributed by atoms with Gasteiger partial charge in [-0.2, -0.15) is 0 Å². The molecule has 3 aromatic rings. The molecule has 8 nitrogen and oxygen atoms in total. The van der Waals surface area contributed by atoms with Gasteiger partial charge in [0.2, 0.25) is 15.9 Å². The van der Waals surface area contributed by atoms with Crippen molar-refractivity contribution < 1.29 is 18.0 Å². The Morgan fingerprint density at radius 1 is 0.941 bits per heavy atom. The van der Waals surface area contributed by atoms with E-state index in [1.54, 1.807) is 18.2 Å². The lowest BCUT2D eigenvalue weighted by Crippen LogP contribution is -2.45. The summed E-state index contributed by atoms with van der Waals surface area (Å²) in [5, 5.41) is 5.52. The number of aromatic nitrogens is 1. The number of amides is 2. The van der Waals surface area contributed by atoms with E-state index in [1.165, 1.54) is 30.5 Å². The summed E-state index contributed by atoms with van der Waals surface area (Å²) < 4.78 is 27.7. The minimum Gasteiger partial charge on any atom is -0.339 e. The first-order valence-corrected chi connectivity index (χ1v) is 12.6. The number of sulfonamides is 1. The molecule has 34 heavy (non-hydrogen) atoms. The molecule has 9 heteroatoms. The number of hydrogen-bond acceptors (Lipinski definition) is 5. The van der Waals surface area contributed by atoms with E-state index in [4.69, 9.17) is 0 Å². The Balaban J connectivity index is 1.46. The molecule has 1 unspecified atom stereocenters.